The fraction of sp³-hybridized carbons (Fsp3) is 0.478. The summed E-state index contributed by atoms with van der Waals surface area (Å²) < 4.78 is 5.99. The number of aliphatic hydroxyl groups is 1. The van der Waals surface area contributed by atoms with E-state index >= 15 is 0 Å². The average Bonchev–Trinajstić information content (AvgIpc) is 3.24. The van der Waals surface area contributed by atoms with Crippen LogP contribution in [0.2, 0.25) is 0 Å². The van der Waals surface area contributed by atoms with Gasteiger partial charge < -0.3 is 20.5 Å². The Morgan fingerprint density at radius 2 is 1.93 bits per heavy atom. The fourth-order valence-electron chi connectivity index (χ4n) is 3.46. The van der Waals surface area contributed by atoms with E-state index in [9.17, 15) is 5.11 Å². The van der Waals surface area contributed by atoms with E-state index in [4.69, 9.17) is 4.74 Å². The smallest absolute Gasteiger partial charge is 0.213 e. The van der Waals surface area contributed by atoms with Crippen molar-refractivity contribution in [1.82, 2.24) is 15.6 Å². The van der Waals surface area contributed by atoms with Gasteiger partial charge in [0.2, 0.25) is 5.88 Å². The molecule has 1 aromatic heterocycles. The lowest BCUT2D eigenvalue weighted by Gasteiger charge is -2.25. The van der Waals surface area contributed by atoms with Crippen LogP contribution in [0.3, 0.4) is 0 Å². The molecule has 7 heteroatoms. The molecule has 1 aromatic carbocycles. The molecule has 0 radical (unpaired) electrons. The third-order valence-electron chi connectivity index (χ3n) is 5.15. The van der Waals surface area contributed by atoms with Crippen molar-refractivity contribution in [3.63, 3.8) is 0 Å². The molecule has 3 N–H and O–H groups in total. The Labute approximate surface area is 196 Å². The quantitative estimate of drug-likeness (QED) is 0.277. The Hall–Kier alpha value is -1.87. The molecule has 30 heavy (non-hydrogen) atoms. The van der Waals surface area contributed by atoms with Gasteiger partial charge >= 0.3 is 0 Å². The van der Waals surface area contributed by atoms with Gasteiger partial charge in [0.15, 0.2) is 5.96 Å². The average molecular weight is 524 g/mol. The van der Waals surface area contributed by atoms with E-state index < -0.39 is 5.60 Å². The summed E-state index contributed by atoms with van der Waals surface area (Å²) in [7, 11) is 0. The van der Waals surface area contributed by atoms with Gasteiger partial charge in [0.25, 0.3) is 0 Å². The van der Waals surface area contributed by atoms with Crippen LogP contribution in [-0.2, 0) is 12.1 Å². The van der Waals surface area contributed by atoms with Crippen LogP contribution in [0.5, 0.6) is 5.88 Å². The zero-order valence-electron chi connectivity index (χ0n) is 17.8. The maximum atomic E-state index is 10.8. The van der Waals surface area contributed by atoms with Gasteiger partial charge in [-0.2, -0.15) is 0 Å². The van der Waals surface area contributed by atoms with E-state index in [1.54, 1.807) is 13.1 Å². The number of aromatic nitrogens is 1. The van der Waals surface area contributed by atoms with Crippen molar-refractivity contribution in [2.45, 2.75) is 57.8 Å². The monoisotopic (exact) mass is 524 g/mol. The van der Waals surface area contributed by atoms with Crippen LogP contribution in [0.25, 0.3) is 0 Å². The second kappa shape index (κ2) is 12.1. The lowest BCUT2D eigenvalue weighted by molar-refractivity contribution is 0.0617. The highest BCUT2D eigenvalue weighted by atomic mass is 127. The topological polar surface area (TPSA) is 78.8 Å². The molecule has 0 bridgehead atoms. The number of halogens is 1. The number of pyridine rings is 1. The van der Waals surface area contributed by atoms with Gasteiger partial charge in [-0.3, -0.25) is 0 Å². The predicted octanol–water partition coefficient (Wildman–Crippen LogP) is 3.98. The summed E-state index contributed by atoms with van der Waals surface area (Å²) in [5, 5.41) is 17.3. The maximum Gasteiger partial charge on any atom is 0.213 e. The van der Waals surface area contributed by atoms with Gasteiger partial charge in [0.1, 0.15) is 11.7 Å². The van der Waals surface area contributed by atoms with Gasteiger partial charge in [-0.05, 0) is 56.7 Å². The molecule has 0 saturated heterocycles. The molecule has 2 aromatic rings. The number of guanidine groups is 1. The summed E-state index contributed by atoms with van der Waals surface area (Å²) in [5.41, 5.74) is 0.919. The van der Waals surface area contributed by atoms with Crippen LogP contribution < -0.4 is 15.4 Å². The lowest BCUT2D eigenvalue weighted by Crippen LogP contribution is -2.44. The highest BCUT2D eigenvalue weighted by Gasteiger charge is 2.23. The SMILES string of the molecule is CCNC(=NCc1ccnc(OC2CCCC2)c1)NCC(C)(O)c1ccccc1.I. The van der Waals surface area contributed by atoms with Crippen LogP contribution in [0.1, 0.15) is 50.7 Å². The van der Waals surface area contributed by atoms with Crippen LogP contribution in [0.4, 0.5) is 0 Å². The largest absolute Gasteiger partial charge is 0.474 e. The summed E-state index contributed by atoms with van der Waals surface area (Å²) >= 11 is 0. The Morgan fingerprint density at radius 3 is 2.63 bits per heavy atom. The fourth-order valence-corrected chi connectivity index (χ4v) is 3.46. The van der Waals surface area contributed by atoms with Crippen LogP contribution >= 0.6 is 24.0 Å². The van der Waals surface area contributed by atoms with Gasteiger partial charge in [-0.15, -0.1) is 24.0 Å². The Kier molecular flexibility index (Phi) is 9.84. The van der Waals surface area contributed by atoms with Gasteiger partial charge in [-0.1, -0.05) is 30.3 Å². The number of nitrogens with zero attached hydrogens (tertiary/aromatic N) is 2. The number of rotatable bonds is 8. The van der Waals surface area contributed by atoms with Crippen molar-refractivity contribution < 1.29 is 9.84 Å². The predicted molar refractivity (Wildman–Crippen MR) is 131 cm³/mol. The van der Waals surface area contributed by atoms with E-state index in [1.165, 1.54) is 12.8 Å². The first-order valence-electron chi connectivity index (χ1n) is 10.5. The van der Waals surface area contributed by atoms with E-state index in [0.717, 1.165) is 30.5 Å². The van der Waals surface area contributed by atoms with Crippen LogP contribution in [0, 0.1) is 0 Å². The molecule has 1 atom stereocenters. The molecule has 164 valence electrons. The van der Waals surface area contributed by atoms with E-state index in [2.05, 4.69) is 20.6 Å². The highest BCUT2D eigenvalue weighted by Crippen LogP contribution is 2.23. The maximum absolute atomic E-state index is 10.8. The summed E-state index contributed by atoms with van der Waals surface area (Å²) in [6, 6.07) is 13.6. The van der Waals surface area contributed by atoms with E-state index in [-0.39, 0.29) is 24.0 Å². The van der Waals surface area contributed by atoms with Crippen molar-refractivity contribution in [2.24, 2.45) is 4.99 Å². The molecule has 6 nitrogen and oxygen atoms in total. The molecular weight excluding hydrogens is 491 g/mol. The molecular formula is C23H33IN4O2. The number of nitrogens with one attached hydrogen (secondary N) is 2. The van der Waals surface area contributed by atoms with Gasteiger partial charge in [0.05, 0.1) is 13.1 Å². The molecule has 1 aliphatic rings. The minimum atomic E-state index is -0.990. The van der Waals surface area contributed by atoms with Crippen molar-refractivity contribution in [1.29, 1.82) is 0 Å². The summed E-state index contributed by atoms with van der Waals surface area (Å²) in [6.45, 7) is 5.42. The molecule has 0 spiro atoms. The van der Waals surface area contributed by atoms with Crippen LogP contribution in [0.15, 0.2) is 53.7 Å². The number of aliphatic imine (C=N–C) groups is 1. The lowest BCUT2D eigenvalue weighted by atomic mass is 9.96. The Bertz CT molecular complexity index is 793. The molecule has 0 aliphatic heterocycles. The van der Waals surface area contributed by atoms with Crippen LogP contribution in [-0.4, -0.2) is 35.2 Å². The zero-order chi connectivity index (χ0) is 20.5. The molecule has 1 saturated carbocycles. The minimum Gasteiger partial charge on any atom is -0.474 e. The normalized spacial score (nSPS) is 16.4. The molecule has 1 unspecified atom stereocenters. The number of hydrogen-bond acceptors (Lipinski definition) is 4. The number of benzene rings is 1. The summed E-state index contributed by atoms with van der Waals surface area (Å²) in [5.74, 6) is 1.34. The second-order valence-electron chi connectivity index (χ2n) is 7.72. The van der Waals surface area contributed by atoms with E-state index in [0.29, 0.717) is 31.0 Å². The number of hydrogen-bond donors (Lipinski definition) is 3. The minimum absolute atomic E-state index is 0. The van der Waals surface area contributed by atoms with Gasteiger partial charge in [-0.25, -0.2) is 9.98 Å². The Morgan fingerprint density at radius 1 is 1.20 bits per heavy atom. The van der Waals surface area contributed by atoms with Crippen molar-refractivity contribution in [3.8, 4) is 5.88 Å². The Balaban J connectivity index is 0.00000320. The van der Waals surface area contributed by atoms with Crippen molar-refractivity contribution >= 4 is 29.9 Å². The molecule has 3 rings (SSSR count). The third-order valence-corrected chi connectivity index (χ3v) is 5.15. The molecule has 1 heterocycles. The third kappa shape index (κ3) is 7.43. The highest BCUT2D eigenvalue weighted by molar-refractivity contribution is 14.0. The summed E-state index contributed by atoms with van der Waals surface area (Å²) in [6.07, 6.45) is 6.76. The summed E-state index contributed by atoms with van der Waals surface area (Å²) in [4.78, 5) is 8.99. The van der Waals surface area contributed by atoms with Gasteiger partial charge in [0, 0.05) is 18.8 Å². The molecule has 1 aliphatic carbocycles. The van der Waals surface area contributed by atoms with E-state index in [1.807, 2.05) is 49.4 Å². The standard InChI is InChI=1S/C23H32N4O2.HI/c1-3-24-22(27-17-23(2,28)19-9-5-4-6-10-19)26-16-18-13-14-25-21(15-18)29-20-11-7-8-12-20;/h4-6,9-10,13-15,20,28H,3,7-8,11-12,16-17H2,1-2H3,(H2,24,26,27);1H. The second-order valence-corrected chi connectivity index (χ2v) is 7.72. The van der Waals surface area contributed by atoms with Crippen molar-refractivity contribution in [2.75, 3.05) is 13.1 Å². The van der Waals surface area contributed by atoms with Crippen molar-refractivity contribution in [3.05, 3.63) is 59.8 Å². The number of ether oxygens (including phenoxy) is 1. The first-order valence-corrected chi connectivity index (χ1v) is 10.5. The molecule has 0 amide bonds. The first-order chi connectivity index (χ1) is 14.1. The zero-order valence-corrected chi connectivity index (χ0v) is 20.1. The molecule has 1 fully saturated rings. The first kappa shape index (κ1) is 24.4.